The summed E-state index contributed by atoms with van der Waals surface area (Å²) in [6.45, 7) is 2.78. The Labute approximate surface area is 100 Å². The maximum Gasteiger partial charge on any atom is 0.220 e. The van der Waals surface area contributed by atoms with Gasteiger partial charge in [-0.2, -0.15) is 0 Å². The van der Waals surface area contributed by atoms with Crippen LogP contribution in [0.5, 0.6) is 0 Å². The molecule has 5 nitrogen and oxygen atoms in total. The molecule has 0 unspecified atom stereocenters. The Morgan fingerprint density at radius 3 is 2.71 bits per heavy atom. The van der Waals surface area contributed by atoms with Crippen LogP contribution in [0.15, 0.2) is 18.6 Å². The van der Waals surface area contributed by atoms with Gasteiger partial charge in [-0.3, -0.25) is 9.78 Å². The van der Waals surface area contributed by atoms with E-state index >= 15 is 0 Å². The zero-order chi connectivity index (χ0) is 11.7. The first-order valence-corrected chi connectivity index (χ1v) is 6.05. The third kappa shape index (κ3) is 1.97. The molecule has 90 valence electrons. The van der Waals surface area contributed by atoms with Crippen LogP contribution in [0.4, 0.5) is 5.82 Å². The summed E-state index contributed by atoms with van der Waals surface area (Å²) in [6.07, 6.45) is 8.02. The van der Waals surface area contributed by atoms with E-state index in [0.717, 1.165) is 38.3 Å². The number of nitrogens with one attached hydrogen (secondary N) is 1. The number of rotatable bonds is 1. The molecule has 0 saturated carbocycles. The Morgan fingerprint density at radius 1 is 1.29 bits per heavy atom. The second kappa shape index (κ2) is 3.98. The second-order valence-electron chi connectivity index (χ2n) is 5.00. The molecule has 2 saturated heterocycles. The molecule has 0 radical (unpaired) electrons. The minimum Gasteiger partial charge on any atom is -0.356 e. The smallest absolute Gasteiger partial charge is 0.220 e. The monoisotopic (exact) mass is 232 g/mol. The Morgan fingerprint density at radius 2 is 2.12 bits per heavy atom. The lowest BCUT2D eigenvalue weighted by atomic mass is 9.78. The lowest BCUT2D eigenvalue weighted by molar-refractivity contribution is -0.119. The van der Waals surface area contributed by atoms with Gasteiger partial charge in [0.15, 0.2) is 0 Å². The molecule has 1 aromatic rings. The van der Waals surface area contributed by atoms with Crippen molar-refractivity contribution in [3.05, 3.63) is 18.6 Å². The quantitative estimate of drug-likeness (QED) is 0.769. The van der Waals surface area contributed by atoms with Gasteiger partial charge >= 0.3 is 0 Å². The van der Waals surface area contributed by atoms with Crippen LogP contribution in [0.1, 0.15) is 19.3 Å². The van der Waals surface area contributed by atoms with Gasteiger partial charge in [-0.15, -0.1) is 0 Å². The average molecular weight is 232 g/mol. The SMILES string of the molecule is O=C1CC2(CCN(c3cnccn3)CC2)CN1. The number of carbonyl (C=O) groups excluding carboxylic acids is 1. The number of nitrogens with zero attached hydrogens (tertiary/aromatic N) is 3. The number of hydrogen-bond acceptors (Lipinski definition) is 4. The van der Waals surface area contributed by atoms with Crippen molar-refractivity contribution in [1.29, 1.82) is 0 Å². The minimum atomic E-state index is 0.204. The lowest BCUT2D eigenvalue weighted by Gasteiger charge is -2.38. The van der Waals surface area contributed by atoms with Crippen LogP contribution < -0.4 is 10.2 Å². The van der Waals surface area contributed by atoms with E-state index in [1.807, 2.05) is 0 Å². The van der Waals surface area contributed by atoms with Crippen LogP contribution >= 0.6 is 0 Å². The molecule has 1 amide bonds. The number of amides is 1. The third-order valence-corrected chi connectivity index (χ3v) is 3.89. The second-order valence-corrected chi connectivity index (χ2v) is 5.00. The molecule has 3 rings (SSSR count). The van der Waals surface area contributed by atoms with Crippen LogP contribution in [-0.4, -0.2) is 35.5 Å². The van der Waals surface area contributed by atoms with Gasteiger partial charge in [-0.05, 0) is 18.3 Å². The highest BCUT2D eigenvalue weighted by Crippen LogP contribution is 2.38. The zero-order valence-electron chi connectivity index (χ0n) is 9.72. The molecular weight excluding hydrogens is 216 g/mol. The van der Waals surface area contributed by atoms with E-state index in [4.69, 9.17) is 0 Å². The van der Waals surface area contributed by atoms with Gasteiger partial charge in [0.1, 0.15) is 5.82 Å². The molecule has 3 heterocycles. The molecule has 2 aliphatic heterocycles. The molecule has 17 heavy (non-hydrogen) atoms. The minimum absolute atomic E-state index is 0.204. The van der Waals surface area contributed by atoms with Crippen molar-refractivity contribution in [1.82, 2.24) is 15.3 Å². The van der Waals surface area contributed by atoms with Gasteiger partial charge < -0.3 is 10.2 Å². The van der Waals surface area contributed by atoms with Crippen LogP contribution in [-0.2, 0) is 4.79 Å². The first kappa shape index (κ1) is 10.5. The van der Waals surface area contributed by atoms with Gasteiger partial charge in [0.25, 0.3) is 0 Å². The van der Waals surface area contributed by atoms with Gasteiger partial charge in [0.2, 0.25) is 5.91 Å². The first-order chi connectivity index (χ1) is 8.27. The maximum atomic E-state index is 11.3. The summed E-state index contributed by atoms with van der Waals surface area (Å²) < 4.78 is 0. The standard InChI is InChI=1S/C12H16N4O/c17-11-7-12(9-15-11)1-5-16(6-2-12)10-8-13-3-4-14-10/h3-4,8H,1-2,5-7,9H2,(H,15,17). The molecule has 0 aromatic carbocycles. The Kier molecular flexibility index (Phi) is 2.46. The molecule has 2 aliphatic rings. The van der Waals surface area contributed by atoms with Gasteiger partial charge in [-0.1, -0.05) is 0 Å². The molecule has 2 fully saturated rings. The molecule has 0 bridgehead atoms. The number of hydrogen-bond donors (Lipinski definition) is 1. The van der Waals surface area contributed by atoms with E-state index in [1.54, 1.807) is 18.6 Å². The zero-order valence-corrected chi connectivity index (χ0v) is 9.72. The summed E-state index contributed by atoms with van der Waals surface area (Å²) in [5.41, 5.74) is 0.204. The first-order valence-electron chi connectivity index (χ1n) is 6.05. The highest BCUT2D eigenvalue weighted by Gasteiger charge is 2.40. The predicted octanol–water partition coefficient (Wildman–Crippen LogP) is 0.583. The van der Waals surface area contributed by atoms with E-state index in [0.29, 0.717) is 6.42 Å². The number of carbonyl (C=O) groups is 1. The fraction of sp³-hybridized carbons (Fsp3) is 0.583. The van der Waals surface area contributed by atoms with E-state index in [9.17, 15) is 4.79 Å². The summed E-state index contributed by atoms with van der Waals surface area (Å²) in [7, 11) is 0. The number of aromatic nitrogens is 2. The number of anilines is 1. The highest BCUT2D eigenvalue weighted by atomic mass is 16.1. The molecule has 1 aromatic heterocycles. The Bertz CT molecular complexity index is 412. The van der Waals surface area contributed by atoms with Crippen molar-refractivity contribution in [2.24, 2.45) is 5.41 Å². The number of piperidine rings is 1. The summed E-state index contributed by atoms with van der Waals surface area (Å²) in [4.78, 5) is 22.0. The molecule has 0 aliphatic carbocycles. The lowest BCUT2D eigenvalue weighted by Crippen LogP contribution is -2.41. The predicted molar refractivity (Wildman–Crippen MR) is 63.5 cm³/mol. The molecule has 1 spiro atoms. The summed E-state index contributed by atoms with van der Waals surface area (Å²) in [5.74, 6) is 1.15. The fourth-order valence-corrected chi connectivity index (χ4v) is 2.77. The summed E-state index contributed by atoms with van der Waals surface area (Å²) in [6, 6.07) is 0. The van der Waals surface area contributed by atoms with Crippen LogP contribution in [0, 0.1) is 5.41 Å². The maximum absolute atomic E-state index is 11.3. The third-order valence-electron chi connectivity index (χ3n) is 3.89. The van der Waals surface area contributed by atoms with Crippen molar-refractivity contribution < 1.29 is 4.79 Å². The van der Waals surface area contributed by atoms with E-state index in [-0.39, 0.29) is 11.3 Å². The Balaban J connectivity index is 1.67. The van der Waals surface area contributed by atoms with Gasteiger partial charge in [-0.25, -0.2) is 4.98 Å². The molecule has 0 atom stereocenters. The van der Waals surface area contributed by atoms with E-state index < -0.39 is 0 Å². The van der Waals surface area contributed by atoms with Crippen molar-refractivity contribution in [2.45, 2.75) is 19.3 Å². The van der Waals surface area contributed by atoms with Crippen LogP contribution in [0.2, 0.25) is 0 Å². The molecule has 5 heteroatoms. The summed E-state index contributed by atoms with van der Waals surface area (Å²) in [5, 5.41) is 2.95. The van der Waals surface area contributed by atoms with Crippen molar-refractivity contribution in [3.63, 3.8) is 0 Å². The van der Waals surface area contributed by atoms with Crippen LogP contribution in [0.3, 0.4) is 0 Å². The normalized spacial score (nSPS) is 22.8. The summed E-state index contributed by atoms with van der Waals surface area (Å²) >= 11 is 0. The molecule has 1 N–H and O–H groups in total. The van der Waals surface area contributed by atoms with E-state index in [1.165, 1.54) is 0 Å². The van der Waals surface area contributed by atoms with Gasteiger partial charge in [0.05, 0.1) is 6.20 Å². The van der Waals surface area contributed by atoms with Crippen molar-refractivity contribution in [2.75, 3.05) is 24.5 Å². The highest BCUT2D eigenvalue weighted by molar-refractivity contribution is 5.79. The Hall–Kier alpha value is -1.65. The topological polar surface area (TPSA) is 58.1 Å². The largest absolute Gasteiger partial charge is 0.356 e. The van der Waals surface area contributed by atoms with E-state index in [2.05, 4.69) is 20.2 Å². The average Bonchev–Trinajstić information content (AvgIpc) is 2.73. The molecular formula is C12H16N4O. The van der Waals surface area contributed by atoms with Crippen LogP contribution in [0.25, 0.3) is 0 Å². The van der Waals surface area contributed by atoms with Crippen molar-refractivity contribution >= 4 is 11.7 Å². The fourth-order valence-electron chi connectivity index (χ4n) is 2.77. The van der Waals surface area contributed by atoms with Crippen molar-refractivity contribution in [3.8, 4) is 0 Å². The van der Waals surface area contributed by atoms with Gasteiger partial charge in [0, 0.05) is 38.4 Å².